The molecule has 0 aliphatic heterocycles. The average molecular weight is 294 g/mol. The summed E-state index contributed by atoms with van der Waals surface area (Å²) in [5.74, 6) is 0.532. The molecule has 8 heteroatoms. The van der Waals surface area contributed by atoms with Crippen molar-refractivity contribution in [3.8, 4) is 0 Å². The first kappa shape index (κ1) is 14.0. The van der Waals surface area contributed by atoms with Crippen LogP contribution in [0.1, 0.15) is 11.1 Å². The van der Waals surface area contributed by atoms with Crippen LogP contribution in [0.15, 0.2) is 24.3 Å². The molecule has 2 rings (SSSR count). The van der Waals surface area contributed by atoms with Crippen LogP contribution < -0.4 is 11.1 Å². The smallest absolute Gasteiger partial charge is 0.272 e. The molecule has 20 heavy (non-hydrogen) atoms. The lowest BCUT2D eigenvalue weighted by atomic mass is 10.1. The van der Waals surface area contributed by atoms with Gasteiger partial charge in [0.05, 0.1) is 4.92 Å². The molecular weight excluding hydrogens is 282 g/mol. The van der Waals surface area contributed by atoms with Gasteiger partial charge in [-0.25, -0.2) is 4.98 Å². The number of anilines is 2. The predicted molar refractivity (Wildman–Crippen MR) is 76.6 cm³/mol. The van der Waals surface area contributed by atoms with Gasteiger partial charge in [-0.1, -0.05) is 23.7 Å². The number of nitrogens with one attached hydrogen (secondary N) is 1. The number of nitrogen functional groups attached to an aromatic ring is 1. The Morgan fingerprint density at radius 1 is 1.45 bits per heavy atom. The number of rotatable bonds is 4. The van der Waals surface area contributed by atoms with Crippen LogP contribution in [0.2, 0.25) is 5.15 Å². The summed E-state index contributed by atoms with van der Waals surface area (Å²) in [5, 5.41) is 14.1. The molecule has 2 aromatic rings. The molecule has 0 spiro atoms. The second kappa shape index (κ2) is 5.70. The molecule has 0 amide bonds. The van der Waals surface area contributed by atoms with Crippen LogP contribution in [0.5, 0.6) is 0 Å². The summed E-state index contributed by atoms with van der Waals surface area (Å²) in [6, 6.07) is 6.45. The molecule has 7 nitrogen and oxygen atoms in total. The highest BCUT2D eigenvalue weighted by atomic mass is 35.5. The fraction of sp³-hybridized carbons (Fsp3) is 0.167. The Balaban J connectivity index is 2.19. The molecule has 0 saturated carbocycles. The molecule has 0 aliphatic rings. The molecule has 1 aromatic carbocycles. The highest BCUT2D eigenvalue weighted by molar-refractivity contribution is 6.29. The average Bonchev–Trinajstić information content (AvgIpc) is 2.36. The van der Waals surface area contributed by atoms with Crippen LogP contribution in [0.25, 0.3) is 0 Å². The van der Waals surface area contributed by atoms with E-state index < -0.39 is 4.92 Å². The molecule has 0 fully saturated rings. The lowest BCUT2D eigenvalue weighted by Crippen LogP contribution is -2.06. The van der Waals surface area contributed by atoms with Gasteiger partial charge in [0.15, 0.2) is 0 Å². The molecule has 0 bridgehead atoms. The normalized spacial score (nSPS) is 10.3. The Morgan fingerprint density at radius 2 is 2.20 bits per heavy atom. The first-order chi connectivity index (χ1) is 9.47. The van der Waals surface area contributed by atoms with Crippen molar-refractivity contribution in [2.24, 2.45) is 0 Å². The minimum atomic E-state index is -0.404. The van der Waals surface area contributed by atoms with E-state index in [2.05, 4.69) is 15.3 Å². The van der Waals surface area contributed by atoms with Crippen molar-refractivity contribution in [1.29, 1.82) is 0 Å². The van der Waals surface area contributed by atoms with E-state index in [1.807, 2.05) is 6.07 Å². The quantitative estimate of drug-likeness (QED) is 0.509. The van der Waals surface area contributed by atoms with E-state index in [4.69, 9.17) is 17.3 Å². The van der Waals surface area contributed by atoms with E-state index in [-0.39, 0.29) is 16.8 Å². The third-order valence-corrected chi connectivity index (χ3v) is 2.98. The molecule has 0 radical (unpaired) electrons. The van der Waals surface area contributed by atoms with Crippen LogP contribution in [-0.4, -0.2) is 14.9 Å². The predicted octanol–water partition coefficient (Wildman–Crippen LogP) is 2.54. The first-order valence-electron chi connectivity index (χ1n) is 5.74. The van der Waals surface area contributed by atoms with Crippen molar-refractivity contribution < 1.29 is 4.92 Å². The molecular formula is C12H12ClN5O2. The van der Waals surface area contributed by atoms with Gasteiger partial charge in [0, 0.05) is 24.2 Å². The minimum Gasteiger partial charge on any atom is -0.368 e. The third-order valence-electron chi connectivity index (χ3n) is 2.79. The Morgan fingerprint density at radius 3 is 2.85 bits per heavy atom. The second-order valence-corrected chi connectivity index (χ2v) is 4.49. The number of nitrogens with zero attached hydrogens (tertiary/aromatic N) is 3. The monoisotopic (exact) mass is 293 g/mol. The maximum absolute atomic E-state index is 10.9. The van der Waals surface area contributed by atoms with Gasteiger partial charge in [0.2, 0.25) is 5.95 Å². The number of nitro groups is 1. The number of hydrogen-bond donors (Lipinski definition) is 2. The highest BCUT2D eigenvalue weighted by Gasteiger charge is 2.13. The van der Waals surface area contributed by atoms with E-state index in [9.17, 15) is 10.1 Å². The van der Waals surface area contributed by atoms with Crippen molar-refractivity contribution in [3.05, 3.63) is 50.7 Å². The molecule has 1 aromatic heterocycles. The minimum absolute atomic E-state index is 0.0655. The Hall–Kier alpha value is -2.41. The summed E-state index contributed by atoms with van der Waals surface area (Å²) in [6.07, 6.45) is 0. The summed E-state index contributed by atoms with van der Waals surface area (Å²) in [4.78, 5) is 18.2. The molecule has 0 unspecified atom stereocenters. The zero-order valence-corrected chi connectivity index (χ0v) is 11.4. The Bertz CT molecular complexity index is 642. The number of halogens is 1. The molecule has 0 aliphatic carbocycles. The van der Waals surface area contributed by atoms with Gasteiger partial charge in [0.1, 0.15) is 11.0 Å². The fourth-order valence-corrected chi connectivity index (χ4v) is 1.96. The summed E-state index contributed by atoms with van der Waals surface area (Å²) >= 11 is 5.77. The molecule has 0 saturated heterocycles. The third kappa shape index (κ3) is 3.12. The number of benzene rings is 1. The topological polar surface area (TPSA) is 107 Å². The van der Waals surface area contributed by atoms with E-state index in [1.54, 1.807) is 13.0 Å². The Labute approximate surface area is 120 Å². The maximum Gasteiger partial charge on any atom is 0.272 e. The summed E-state index contributed by atoms with van der Waals surface area (Å²) in [6.45, 7) is 2.08. The number of nitrogens with two attached hydrogens (primary N) is 1. The van der Waals surface area contributed by atoms with Crippen molar-refractivity contribution >= 4 is 29.1 Å². The van der Waals surface area contributed by atoms with Crippen molar-refractivity contribution in [1.82, 2.24) is 9.97 Å². The lowest BCUT2D eigenvalue weighted by Gasteiger charge is -2.09. The highest BCUT2D eigenvalue weighted by Crippen LogP contribution is 2.22. The standard InChI is InChI=1S/C12H12ClN5O2/c1-7-8(3-2-4-9(7)18(19)20)6-15-11-5-10(13)16-12(14)17-11/h2-5H,6H2,1H3,(H3,14,15,16,17). The van der Waals surface area contributed by atoms with Gasteiger partial charge >= 0.3 is 0 Å². The van der Waals surface area contributed by atoms with Gasteiger partial charge < -0.3 is 11.1 Å². The largest absolute Gasteiger partial charge is 0.368 e. The zero-order chi connectivity index (χ0) is 14.7. The van der Waals surface area contributed by atoms with E-state index in [0.717, 1.165) is 5.56 Å². The zero-order valence-electron chi connectivity index (χ0n) is 10.6. The van der Waals surface area contributed by atoms with Crippen molar-refractivity contribution in [2.75, 3.05) is 11.1 Å². The van der Waals surface area contributed by atoms with Gasteiger partial charge in [0.25, 0.3) is 5.69 Å². The summed E-state index contributed by atoms with van der Waals surface area (Å²) in [5.41, 5.74) is 6.98. The van der Waals surface area contributed by atoms with E-state index >= 15 is 0 Å². The van der Waals surface area contributed by atoms with Crippen LogP contribution >= 0.6 is 11.6 Å². The van der Waals surface area contributed by atoms with Gasteiger partial charge in [-0.2, -0.15) is 4.98 Å². The number of nitro benzene ring substituents is 1. The number of hydrogen-bond acceptors (Lipinski definition) is 6. The van der Waals surface area contributed by atoms with E-state index in [0.29, 0.717) is 17.9 Å². The van der Waals surface area contributed by atoms with Gasteiger partial charge in [-0.3, -0.25) is 10.1 Å². The lowest BCUT2D eigenvalue weighted by molar-refractivity contribution is -0.385. The van der Waals surface area contributed by atoms with Crippen molar-refractivity contribution in [2.45, 2.75) is 13.5 Å². The molecule has 1 heterocycles. The molecule has 3 N–H and O–H groups in total. The second-order valence-electron chi connectivity index (χ2n) is 4.11. The van der Waals surface area contributed by atoms with Crippen LogP contribution in [0, 0.1) is 17.0 Å². The number of aromatic nitrogens is 2. The first-order valence-corrected chi connectivity index (χ1v) is 6.12. The summed E-state index contributed by atoms with van der Waals surface area (Å²) < 4.78 is 0. The Kier molecular flexibility index (Phi) is 3.99. The molecule has 104 valence electrons. The van der Waals surface area contributed by atoms with Crippen LogP contribution in [-0.2, 0) is 6.54 Å². The SMILES string of the molecule is Cc1c(CNc2cc(Cl)nc(N)n2)cccc1[N+](=O)[O-]. The fourth-order valence-electron chi connectivity index (χ4n) is 1.77. The molecule has 0 atom stereocenters. The van der Waals surface area contributed by atoms with Crippen molar-refractivity contribution in [3.63, 3.8) is 0 Å². The summed E-state index contributed by atoms with van der Waals surface area (Å²) in [7, 11) is 0. The van der Waals surface area contributed by atoms with Crippen LogP contribution in [0.4, 0.5) is 17.5 Å². The van der Waals surface area contributed by atoms with Crippen LogP contribution in [0.3, 0.4) is 0 Å². The van der Waals surface area contributed by atoms with E-state index in [1.165, 1.54) is 12.1 Å². The van der Waals surface area contributed by atoms with Gasteiger partial charge in [-0.15, -0.1) is 0 Å². The van der Waals surface area contributed by atoms with Gasteiger partial charge in [-0.05, 0) is 12.5 Å². The maximum atomic E-state index is 10.9.